The highest BCUT2D eigenvalue weighted by molar-refractivity contribution is 6.96. The van der Waals surface area contributed by atoms with Gasteiger partial charge in [-0.1, -0.05) is 60.7 Å². The van der Waals surface area contributed by atoms with E-state index in [1.54, 1.807) is 0 Å². The van der Waals surface area contributed by atoms with Crippen molar-refractivity contribution in [1.82, 2.24) is 19.3 Å². The van der Waals surface area contributed by atoms with Gasteiger partial charge in [0.15, 0.2) is 0 Å². The van der Waals surface area contributed by atoms with Crippen LogP contribution in [0.4, 0.5) is 0 Å². The van der Waals surface area contributed by atoms with Crippen molar-refractivity contribution in [2.45, 2.75) is 116 Å². The summed E-state index contributed by atoms with van der Waals surface area (Å²) in [5, 5.41) is 4.69. The number of benzene rings is 2. The largest absolute Gasteiger partial charge is 0.459 e. The SMILES string of the molecule is Cn1cc[n+]2c1[B@-](ON1C(C)(C)CCCC1(C)C)(c1ccccc1)[n+]1ccn(C)c1[B@@-]2(ON1C(C)(C)CCCC1(C)C)c1ccccc1. The molecule has 5 heterocycles. The van der Waals surface area contributed by atoms with Crippen LogP contribution in [0.25, 0.3) is 0 Å². The van der Waals surface area contributed by atoms with E-state index < -0.39 is 13.0 Å². The Morgan fingerprint density at radius 2 is 0.833 bits per heavy atom. The zero-order chi connectivity index (χ0) is 34.3. The summed E-state index contributed by atoms with van der Waals surface area (Å²) >= 11 is 0. The van der Waals surface area contributed by atoms with Crippen molar-refractivity contribution >= 4 is 35.3 Å². The Kier molecular flexibility index (Phi) is 7.76. The van der Waals surface area contributed by atoms with Crippen molar-refractivity contribution in [3.63, 3.8) is 0 Å². The molecule has 0 bridgehead atoms. The molecule has 256 valence electrons. The molecule has 2 fully saturated rings. The summed E-state index contributed by atoms with van der Waals surface area (Å²) in [5.41, 5.74) is 3.69. The van der Waals surface area contributed by atoms with Crippen LogP contribution in [0, 0.1) is 0 Å². The maximum atomic E-state index is 7.89. The molecule has 0 N–H and O–H groups in total. The van der Waals surface area contributed by atoms with E-state index in [2.05, 4.69) is 183 Å². The molecule has 2 aromatic heterocycles. The van der Waals surface area contributed by atoms with E-state index in [1.165, 1.54) is 12.8 Å². The highest BCUT2D eigenvalue weighted by Crippen LogP contribution is 2.41. The molecule has 0 saturated carbocycles. The molecule has 0 radical (unpaired) electrons. The number of aromatic nitrogens is 4. The van der Waals surface area contributed by atoms with Crippen LogP contribution in [0.3, 0.4) is 0 Å². The number of aryl methyl sites for hydroxylation is 2. The molecule has 0 unspecified atom stereocenters. The third kappa shape index (κ3) is 4.81. The van der Waals surface area contributed by atoms with Gasteiger partial charge in [-0.15, -0.1) is 10.9 Å². The molecular weight excluding hydrogens is 594 g/mol. The van der Waals surface area contributed by atoms with Crippen LogP contribution >= 0.6 is 0 Å². The summed E-state index contributed by atoms with van der Waals surface area (Å²) in [5.74, 6) is 0. The van der Waals surface area contributed by atoms with E-state index in [0.717, 1.165) is 48.1 Å². The standard InChI is InChI=1S/C38H56B2N6O2/c1-35(2)23-17-24-36(3,4)45(35)47-39(31-19-13-11-14-20-31)33-41(9)28-30-44(33)40(32-21-15-12-16-22-32,34-42(10)27-29-43(34)39)48-46-37(5,6)25-18-26-38(46,7)8/h11-16,19-22,27-30H,17-18,23-26H2,1-10H3/t39-,40+. The fraction of sp³-hybridized carbons (Fsp3) is 0.526. The first-order valence-corrected chi connectivity index (χ1v) is 18.1. The minimum Gasteiger partial charge on any atom is -0.453 e. The topological polar surface area (TPSA) is 42.6 Å². The van der Waals surface area contributed by atoms with Crippen molar-refractivity contribution in [1.29, 1.82) is 0 Å². The Bertz CT molecular complexity index is 1640. The van der Waals surface area contributed by atoms with Crippen LogP contribution in [0.15, 0.2) is 85.5 Å². The number of hydrogen-bond donors (Lipinski definition) is 0. The van der Waals surface area contributed by atoms with Gasteiger partial charge in [0.2, 0.25) is 0 Å². The molecule has 0 spiro atoms. The highest BCUT2D eigenvalue weighted by Gasteiger charge is 2.64. The Labute approximate surface area is 288 Å². The smallest absolute Gasteiger partial charge is 0.453 e. The number of fused-ring (bicyclic) bond motifs is 2. The van der Waals surface area contributed by atoms with Crippen LogP contribution in [0.2, 0.25) is 0 Å². The summed E-state index contributed by atoms with van der Waals surface area (Å²) in [7, 11) is 4.33. The first kappa shape index (κ1) is 33.3. The van der Waals surface area contributed by atoms with Crippen LogP contribution in [0.1, 0.15) is 93.9 Å². The van der Waals surface area contributed by atoms with Crippen molar-refractivity contribution < 1.29 is 18.5 Å². The van der Waals surface area contributed by atoms with Crippen molar-refractivity contribution in [2.24, 2.45) is 14.1 Å². The van der Waals surface area contributed by atoms with Gasteiger partial charge >= 0.3 is 13.0 Å². The van der Waals surface area contributed by atoms with Gasteiger partial charge in [0.25, 0.3) is 0 Å². The Balaban J connectivity index is 1.59. The summed E-state index contributed by atoms with van der Waals surface area (Å²) in [6.07, 6.45) is 15.5. The summed E-state index contributed by atoms with van der Waals surface area (Å²) in [4.78, 5) is 0. The molecular formula is C38H56B2N6O2. The first-order valence-electron chi connectivity index (χ1n) is 18.1. The Morgan fingerprint density at radius 1 is 0.521 bits per heavy atom. The predicted molar refractivity (Wildman–Crippen MR) is 195 cm³/mol. The van der Waals surface area contributed by atoms with Gasteiger partial charge in [-0.3, -0.25) is 9.13 Å². The number of hydroxylamine groups is 4. The zero-order valence-corrected chi connectivity index (χ0v) is 31.0. The van der Waals surface area contributed by atoms with Gasteiger partial charge < -0.3 is 18.5 Å². The van der Waals surface area contributed by atoms with Gasteiger partial charge in [-0.2, -0.15) is 0 Å². The minimum atomic E-state index is -2.07. The minimum absolute atomic E-state index is 0.172. The molecule has 2 saturated heterocycles. The third-order valence-corrected chi connectivity index (χ3v) is 12.0. The molecule has 0 aliphatic carbocycles. The van der Waals surface area contributed by atoms with Crippen molar-refractivity contribution in [3.05, 3.63) is 85.5 Å². The monoisotopic (exact) mass is 650 g/mol. The second kappa shape index (κ2) is 11.2. The zero-order valence-electron chi connectivity index (χ0n) is 31.0. The lowest BCUT2D eigenvalue weighted by Crippen LogP contribution is -3.05. The fourth-order valence-corrected chi connectivity index (χ4v) is 10.0. The van der Waals surface area contributed by atoms with E-state index in [4.69, 9.17) is 9.51 Å². The average molecular weight is 651 g/mol. The van der Waals surface area contributed by atoms with Gasteiger partial charge in [-0.05, 0) is 93.9 Å². The summed E-state index contributed by atoms with van der Waals surface area (Å²) < 4.78 is 25.2. The molecule has 3 aliphatic heterocycles. The normalized spacial score (nSPS) is 27.7. The second-order valence-electron chi connectivity index (χ2n) is 17.4. The quantitative estimate of drug-likeness (QED) is 0.301. The van der Waals surface area contributed by atoms with Crippen LogP contribution in [0.5, 0.6) is 0 Å². The molecule has 2 atom stereocenters. The summed E-state index contributed by atoms with van der Waals surface area (Å²) in [6.45, 7) is 14.5. The lowest BCUT2D eigenvalue weighted by molar-refractivity contribution is -0.607. The van der Waals surface area contributed by atoms with Crippen LogP contribution in [-0.2, 0) is 23.6 Å². The Morgan fingerprint density at radius 3 is 1.15 bits per heavy atom. The number of nitrogens with zero attached hydrogens (tertiary/aromatic N) is 6. The Hall–Kier alpha value is -3.17. The number of hydrogen-bond acceptors (Lipinski definition) is 4. The van der Waals surface area contributed by atoms with Gasteiger partial charge in [-0.25, -0.2) is 10.1 Å². The predicted octanol–water partition coefficient (Wildman–Crippen LogP) is 3.41. The van der Waals surface area contributed by atoms with E-state index in [0.29, 0.717) is 0 Å². The molecule has 0 amide bonds. The lowest BCUT2D eigenvalue weighted by Gasteiger charge is -2.60. The van der Waals surface area contributed by atoms with Crippen LogP contribution in [-0.4, -0.2) is 54.4 Å². The molecule has 10 heteroatoms. The first-order chi connectivity index (χ1) is 22.6. The summed E-state index contributed by atoms with van der Waals surface area (Å²) in [6, 6.07) is 21.7. The van der Waals surface area contributed by atoms with Crippen LogP contribution < -0.4 is 31.3 Å². The molecule has 3 aliphatic rings. The number of rotatable bonds is 6. The van der Waals surface area contributed by atoms with E-state index >= 15 is 0 Å². The number of imidazole rings is 2. The number of piperidine rings is 2. The molecule has 8 nitrogen and oxygen atoms in total. The molecule has 4 aromatic rings. The van der Waals surface area contributed by atoms with Gasteiger partial charge in [0.05, 0.1) is 26.5 Å². The van der Waals surface area contributed by atoms with Gasteiger partial charge in [0, 0.05) is 22.2 Å². The van der Waals surface area contributed by atoms with E-state index in [9.17, 15) is 0 Å². The second-order valence-corrected chi connectivity index (χ2v) is 17.4. The maximum Gasteiger partial charge on any atom is 0.459 e. The highest BCUT2D eigenvalue weighted by atomic mass is 16.7. The van der Waals surface area contributed by atoms with Gasteiger partial charge in [0.1, 0.15) is 23.8 Å². The van der Waals surface area contributed by atoms with E-state index in [-0.39, 0.29) is 22.2 Å². The lowest BCUT2D eigenvalue weighted by atomic mass is 9.35. The molecule has 2 aromatic carbocycles. The molecule has 48 heavy (non-hydrogen) atoms. The average Bonchev–Trinajstić information content (AvgIpc) is 3.62. The van der Waals surface area contributed by atoms with E-state index in [1.807, 2.05) is 0 Å². The maximum absolute atomic E-state index is 7.89. The van der Waals surface area contributed by atoms with Crippen molar-refractivity contribution in [3.8, 4) is 0 Å². The molecule has 7 rings (SSSR count). The van der Waals surface area contributed by atoms with Crippen molar-refractivity contribution in [2.75, 3.05) is 0 Å². The fourth-order valence-electron chi connectivity index (χ4n) is 10.0. The third-order valence-electron chi connectivity index (χ3n) is 12.0.